The monoisotopic (exact) mass is 677 g/mol. The first kappa shape index (κ1) is 35.3. The van der Waals surface area contributed by atoms with Gasteiger partial charge < -0.3 is 26.0 Å². The van der Waals surface area contributed by atoms with Crippen molar-refractivity contribution in [1.29, 1.82) is 0 Å². The average molecular weight is 678 g/mol. The molecule has 1 aliphatic rings. The number of methoxy groups -OCH3 is 1. The highest BCUT2D eigenvalue weighted by atomic mass is 32.2. The maximum Gasteiger partial charge on any atom is 0.421 e. The molecule has 0 atom stereocenters. The van der Waals surface area contributed by atoms with Crippen LogP contribution in [0.3, 0.4) is 0 Å². The fourth-order valence-corrected chi connectivity index (χ4v) is 5.78. The van der Waals surface area contributed by atoms with Crippen molar-refractivity contribution in [1.82, 2.24) is 20.6 Å². The van der Waals surface area contributed by atoms with E-state index < -0.39 is 27.6 Å². The van der Waals surface area contributed by atoms with E-state index in [0.717, 1.165) is 29.0 Å². The Balaban J connectivity index is 1.51. The van der Waals surface area contributed by atoms with E-state index in [1.165, 1.54) is 33.2 Å². The maximum absolute atomic E-state index is 13.9. The lowest BCUT2D eigenvalue weighted by atomic mass is 9.91. The molecule has 0 bridgehead atoms. The second-order valence-corrected chi connectivity index (χ2v) is 13.4. The van der Waals surface area contributed by atoms with Crippen molar-refractivity contribution in [3.8, 4) is 5.75 Å². The van der Waals surface area contributed by atoms with Crippen LogP contribution in [0.4, 0.5) is 36.3 Å². The van der Waals surface area contributed by atoms with E-state index in [0.29, 0.717) is 41.5 Å². The molecule has 0 unspecified atom stereocenters. The minimum absolute atomic E-state index is 0.0504. The highest BCUT2D eigenvalue weighted by Gasteiger charge is 2.35. The van der Waals surface area contributed by atoms with Crippen LogP contribution in [-0.4, -0.2) is 62.7 Å². The molecule has 47 heavy (non-hydrogen) atoms. The van der Waals surface area contributed by atoms with E-state index in [-0.39, 0.29) is 42.1 Å². The third-order valence-electron chi connectivity index (χ3n) is 7.80. The third-order valence-corrected chi connectivity index (χ3v) is 8.99. The van der Waals surface area contributed by atoms with Gasteiger partial charge in [-0.15, -0.1) is 0 Å². The summed E-state index contributed by atoms with van der Waals surface area (Å²) in [6.45, 7) is 3.08. The number of anilines is 4. The number of nitrogens with zero attached hydrogens (tertiary/aromatic N) is 3. The van der Waals surface area contributed by atoms with E-state index in [1.807, 2.05) is 0 Å². The molecule has 0 saturated heterocycles. The molecule has 0 radical (unpaired) electrons. The molecular formula is C31H38F3N7O5S. The summed E-state index contributed by atoms with van der Waals surface area (Å²) in [7, 11) is -0.886. The van der Waals surface area contributed by atoms with Crippen molar-refractivity contribution in [2.75, 3.05) is 35.4 Å². The molecular weight excluding hydrogens is 639 g/mol. The van der Waals surface area contributed by atoms with Crippen LogP contribution in [0.2, 0.25) is 0 Å². The van der Waals surface area contributed by atoms with Crippen molar-refractivity contribution in [3.05, 3.63) is 64.8 Å². The van der Waals surface area contributed by atoms with Crippen molar-refractivity contribution in [3.63, 3.8) is 0 Å². The zero-order valence-electron chi connectivity index (χ0n) is 26.7. The quantitative estimate of drug-likeness (QED) is 0.225. The molecule has 1 aromatic heterocycles. The van der Waals surface area contributed by atoms with Gasteiger partial charge in [0, 0.05) is 44.4 Å². The van der Waals surface area contributed by atoms with Crippen molar-refractivity contribution >= 4 is 45.0 Å². The summed E-state index contributed by atoms with van der Waals surface area (Å²) in [6, 6.07) is 9.61. The molecule has 16 heteroatoms. The first-order valence-corrected chi connectivity index (χ1v) is 16.6. The van der Waals surface area contributed by atoms with Crippen LogP contribution in [0, 0.1) is 6.92 Å². The minimum Gasteiger partial charge on any atom is -0.495 e. The Bertz CT molecular complexity index is 1730. The second kappa shape index (κ2) is 14.4. The number of hydrogen-bond donors (Lipinski definition) is 4. The number of ether oxygens (including phenoxy) is 1. The summed E-state index contributed by atoms with van der Waals surface area (Å²) in [4.78, 5) is 32.2. The molecule has 1 saturated carbocycles. The topological polar surface area (TPSA) is 155 Å². The Morgan fingerprint density at radius 1 is 1.04 bits per heavy atom. The van der Waals surface area contributed by atoms with E-state index in [1.54, 1.807) is 31.2 Å². The van der Waals surface area contributed by atoms with Crippen LogP contribution < -0.4 is 30.3 Å². The number of rotatable bonds is 11. The van der Waals surface area contributed by atoms with Crippen LogP contribution in [0.15, 0.2) is 42.6 Å². The number of sulfonamides is 1. The van der Waals surface area contributed by atoms with Crippen LogP contribution >= 0.6 is 0 Å². The van der Waals surface area contributed by atoms with E-state index >= 15 is 0 Å². The van der Waals surface area contributed by atoms with Crippen LogP contribution in [-0.2, 0) is 27.5 Å². The summed E-state index contributed by atoms with van der Waals surface area (Å²) >= 11 is 0. The van der Waals surface area contributed by atoms with Crippen LogP contribution in [0.25, 0.3) is 0 Å². The summed E-state index contributed by atoms with van der Waals surface area (Å²) in [5.74, 6) is -0.857. The normalized spacial score (nSPS) is 16.6. The number of aromatic nitrogens is 2. The fraction of sp³-hybridized carbons (Fsp3) is 0.419. The van der Waals surface area contributed by atoms with Gasteiger partial charge in [-0.3, -0.25) is 13.9 Å². The number of nitrogens with one attached hydrogen (secondary N) is 4. The summed E-state index contributed by atoms with van der Waals surface area (Å²) < 4.78 is 72.7. The molecule has 4 rings (SSSR count). The van der Waals surface area contributed by atoms with Gasteiger partial charge in [-0.25, -0.2) is 13.4 Å². The predicted octanol–water partition coefficient (Wildman–Crippen LogP) is 4.74. The molecule has 1 heterocycles. The molecule has 0 spiro atoms. The largest absolute Gasteiger partial charge is 0.495 e. The number of halogens is 3. The number of aryl methyl sites for hydroxylation is 1. The van der Waals surface area contributed by atoms with Gasteiger partial charge in [-0.05, 0) is 68.0 Å². The smallest absolute Gasteiger partial charge is 0.421 e. The molecule has 12 nitrogen and oxygen atoms in total. The van der Waals surface area contributed by atoms with Gasteiger partial charge in [0.05, 0.1) is 24.7 Å². The van der Waals surface area contributed by atoms with Gasteiger partial charge in [-0.2, -0.15) is 18.2 Å². The lowest BCUT2D eigenvalue weighted by molar-refractivity contribution is -0.137. The van der Waals surface area contributed by atoms with Gasteiger partial charge in [0.25, 0.3) is 5.91 Å². The number of alkyl halides is 3. The van der Waals surface area contributed by atoms with E-state index in [9.17, 15) is 31.2 Å². The molecule has 1 fully saturated rings. The maximum atomic E-state index is 13.9. The molecule has 254 valence electrons. The number of carbonyl (C=O) groups excluding carboxylic acids is 2. The molecule has 2 aromatic carbocycles. The Labute approximate surface area is 271 Å². The molecule has 2 amide bonds. The zero-order valence-corrected chi connectivity index (χ0v) is 27.5. The molecule has 4 N–H and O–H groups in total. The lowest BCUT2D eigenvalue weighted by Crippen LogP contribution is -2.43. The number of carbonyl (C=O) groups is 2. The summed E-state index contributed by atoms with van der Waals surface area (Å²) in [6.07, 6.45) is -0.161. The number of amides is 2. The molecule has 0 aliphatic heterocycles. The number of benzene rings is 2. The first-order valence-electron chi connectivity index (χ1n) is 14.8. The molecule has 3 aromatic rings. The van der Waals surface area contributed by atoms with Crippen molar-refractivity contribution < 1.29 is 35.9 Å². The van der Waals surface area contributed by atoms with E-state index in [4.69, 9.17) is 4.74 Å². The number of hydrogen-bond acceptors (Lipinski definition) is 9. The lowest BCUT2D eigenvalue weighted by Gasteiger charge is -2.29. The van der Waals surface area contributed by atoms with Crippen molar-refractivity contribution in [2.45, 2.75) is 64.3 Å². The Hall–Kier alpha value is -4.60. The Kier molecular flexibility index (Phi) is 10.8. The zero-order chi connectivity index (χ0) is 34.5. The Morgan fingerprint density at radius 3 is 2.30 bits per heavy atom. The standard InChI is InChI=1S/C31H38F3N7O5S/c1-18-6-7-21(26(14-18)41(3)47(5,44)45)16-35-28-24(31(32,33)34)17-36-30(40-28)39-25-13-8-20(15-27(25)46-4)29(43)38-23-11-9-22(10-12-23)37-19(2)42/h6-8,13-15,17,22-23H,9-12,16H2,1-5H3,(H,37,42)(H,38,43)(H2,35,36,39,40). The highest BCUT2D eigenvalue weighted by Crippen LogP contribution is 2.36. The SMILES string of the molecule is COc1cc(C(=O)NC2CCC(NC(C)=O)CC2)ccc1Nc1ncc(C(F)(F)F)c(NCc2ccc(C)cc2N(C)S(C)(=O)=O)n1. The minimum atomic E-state index is -4.78. The van der Waals surface area contributed by atoms with Gasteiger partial charge in [0.15, 0.2) is 0 Å². The highest BCUT2D eigenvalue weighted by molar-refractivity contribution is 7.92. The molecule has 1 aliphatic carbocycles. The van der Waals surface area contributed by atoms with Gasteiger partial charge in [0.1, 0.15) is 17.1 Å². The fourth-order valence-electron chi connectivity index (χ4n) is 5.25. The summed E-state index contributed by atoms with van der Waals surface area (Å²) in [5, 5.41) is 11.5. The van der Waals surface area contributed by atoms with Gasteiger partial charge in [0.2, 0.25) is 21.9 Å². The van der Waals surface area contributed by atoms with Gasteiger partial charge in [-0.1, -0.05) is 12.1 Å². The Morgan fingerprint density at radius 2 is 1.70 bits per heavy atom. The summed E-state index contributed by atoms with van der Waals surface area (Å²) in [5.41, 5.74) is 1.03. The predicted molar refractivity (Wildman–Crippen MR) is 172 cm³/mol. The van der Waals surface area contributed by atoms with Crippen LogP contribution in [0.1, 0.15) is 59.7 Å². The van der Waals surface area contributed by atoms with Crippen LogP contribution in [0.5, 0.6) is 5.75 Å². The van der Waals surface area contributed by atoms with E-state index in [2.05, 4.69) is 31.2 Å². The first-order chi connectivity index (χ1) is 22.0. The van der Waals surface area contributed by atoms with Gasteiger partial charge >= 0.3 is 6.18 Å². The average Bonchev–Trinajstić information content (AvgIpc) is 3.00. The van der Waals surface area contributed by atoms with Crippen molar-refractivity contribution in [2.24, 2.45) is 0 Å². The third kappa shape index (κ3) is 9.24. The second-order valence-electron chi connectivity index (χ2n) is 11.4.